The smallest absolute Gasteiger partial charge is 0.328 e. The van der Waals surface area contributed by atoms with E-state index in [9.17, 15) is 14.4 Å². The van der Waals surface area contributed by atoms with Crippen LogP contribution in [0.3, 0.4) is 0 Å². The number of rotatable bonds is 8. The first-order valence-electron chi connectivity index (χ1n) is 10.4. The van der Waals surface area contributed by atoms with Crippen LogP contribution in [-0.2, 0) is 20.7 Å². The third-order valence-electron chi connectivity index (χ3n) is 5.23. The van der Waals surface area contributed by atoms with Crippen LogP contribution < -0.4 is 21.3 Å². The van der Waals surface area contributed by atoms with Gasteiger partial charge in [0.1, 0.15) is 12.6 Å². The van der Waals surface area contributed by atoms with Crippen LogP contribution in [-0.4, -0.2) is 43.5 Å². The lowest BCUT2D eigenvalue weighted by Crippen LogP contribution is -2.40. The number of nitrogen functional groups attached to an aromatic ring is 1. The molecule has 0 spiro atoms. The van der Waals surface area contributed by atoms with Gasteiger partial charge in [0.25, 0.3) is 5.91 Å². The van der Waals surface area contributed by atoms with Gasteiger partial charge in [0.15, 0.2) is 0 Å². The Morgan fingerprint density at radius 3 is 2.65 bits per heavy atom. The third-order valence-corrected chi connectivity index (χ3v) is 5.23. The van der Waals surface area contributed by atoms with Crippen molar-refractivity contribution in [2.75, 3.05) is 35.6 Å². The number of nitrogens with zero attached hydrogens (tertiary/aromatic N) is 1. The lowest BCUT2D eigenvalue weighted by molar-refractivity contribution is -0.145. The number of amides is 2. The maximum Gasteiger partial charge on any atom is 0.328 e. The van der Waals surface area contributed by atoms with Crippen molar-refractivity contribution in [3.8, 4) is 0 Å². The summed E-state index contributed by atoms with van der Waals surface area (Å²) in [4.78, 5) is 38.3. The first kappa shape index (κ1) is 22.1. The first-order valence-corrected chi connectivity index (χ1v) is 10.4. The van der Waals surface area contributed by atoms with E-state index >= 15 is 0 Å². The summed E-state index contributed by atoms with van der Waals surface area (Å²) in [6.07, 6.45) is 1.14. The maximum absolute atomic E-state index is 12.3. The number of benzene rings is 2. The molecule has 2 aromatic carbocycles. The van der Waals surface area contributed by atoms with Gasteiger partial charge in [-0.3, -0.25) is 9.59 Å². The molecule has 31 heavy (non-hydrogen) atoms. The Morgan fingerprint density at radius 1 is 1.19 bits per heavy atom. The van der Waals surface area contributed by atoms with E-state index in [1.54, 1.807) is 31.2 Å². The van der Waals surface area contributed by atoms with Gasteiger partial charge in [0.05, 0.1) is 6.54 Å². The molecule has 0 unspecified atom stereocenters. The number of ether oxygens (including phenoxy) is 1. The topological polar surface area (TPSA) is 114 Å². The van der Waals surface area contributed by atoms with Crippen LogP contribution in [0.5, 0.6) is 0 Å². The second-order valence-electron chi connectivity index (χ2n) is 7.42. The molecule has 1 aliphatic heterocycles. The van der Waals surface area contributed by atoms with Gasteiger partial charge in [0, 0.05) is 35.6 Å². The van der Waals surface area contributed by atoms with Crippen molar-refractivity contribution in [1.29, 1.82) is 0 Å². The number of nitrogens with two attached hydrogens (primary N) is 1. The predicted octanol–water partition coefficient (Wildman–Crippen LogP) is 2.34. The Morgan fingerprint density at radius 2 is 1.94 bits per heavy atom. The number of carbonyl (C=O) groups is 3. The molecule has 1 atom stereocenters. The summed E-state index contributed by atoms with van der Waals surface area (Å²) in [5.74, 6) is -0.837. The van der Waals surface area contributed by atoms with Crippen molar-refractivity contribution in [3.05, 3.63) is 53.6 Å². The lowest BCUT2D eigenvalue weighted by atomic mass is 10.00. The third kappa shape index (κ3) is 5.53. The average Bonchev–Trinajstić information content (AvgIpc) is 2.76. The molecule has 164 valence electrons. The van der Waals surface area contributed by atoms with E-state index in [0.29, 0.717) is 30.6 Å². The van der Waals surface area contributed by atoms with E-state index in [1.165, 1.54) is 0 Å². The summed E-state index contributed by atoms with van der Waals surface area (Å²) >= 11 is 0. The molecule has 3 rings (SSSR count). The SMILES string of the molecule is CCN(CCOC(=O)[C@H](C)NC(=O)c1ccc(N)cc1)c1cccc2c1CCC(=O)N2. The van der Waals surface area contributed by atoms with E-state index in [-0.39, 0.29) is 18.4 Å². The minimum absolute atomic E-state index is 0.0247. The summed E-state index contributed by atoms with van der Waals surface area (Å²) in [5, 5.41) is 5.54. The van der Waals surface area contributed by atoms with Gasteiger partial charge in [-0.15, -0.1) is 0 Å². The zero-order valence-corrected chi connectivity index (χ0v) is 17.8. The fourth-order valence-corrected chi connectivity index (χ4v) is 3.51. The number of nitrogens with one attached hydrogen (secondary N) is 2. The van der Waals surface area contributed by atoms with E-state index < -0.39 is 12.0 Å². The van der Waals surface area contributed by atoms with Crippen LogP contribution in [0.1, 0.15) is 36.2 Å². The minimum Gasteiger partial charge on any atom is -0.462 e. The largest absolute Gasteiger partial charge is 0.462 e. The molecular weight excluding hydrogens is 396 g/mol. The summed E-state index contributed by atoms with van der Waals surface area (Å²) in [6, 6.07) is 11.5. The number of fused-ring (bicyclic) bond motifs is 1. The van der Waals surface area contributed by atoms with E-state index in [0.717, 1.165) is 23.5 Å². The highest BCUT2D eigenvalue weighted by Gasteiger charge is 2.21. The highest BCUT2D eigenvalue weighted by atomic mass is 16.5. The molecule has 0 aliphatic carbocycles. The van der Waals surface area contributed by atoms with Gasteiger partial charge in [-0.25, -0.2) is 4.79 Å². The number of hydrogen-bond donors (Lipinski definition) is 3. The molecule has 2 aromatic rings. The molecule has 0 aromatic heterocycles. The summed E-state index contributed by atoms with van der Waals surface area (Å²) < 4.78 is 5.39. The summed E-state index contributed by atoms with van der Waals surface area (Å²) in [7, 11) is 0. The quantitative estimate of drug-likeness (QED) is 0.443. The predicted molar refractivity (Wildman–Crippen MR) is 120 cm³/mol. The van der Waals surface area contributed by atoms with Crippen LogP contribution in [0.2, 0.25) is 0 Å². The van der Waals surface area contributed by atoms with Crippen molar-refractivity contribution in [3.63, 3.8) is 0 Å². The average molecular weight is 425 g/mol. The van der Waals surface area contributed by atoms with Gasteiger partial charge in [0.2, 0.25) is 5.91 Å². The summed E-state index contributed by atoms with van der Waals surface area (Å²) in [6.45, 7) is 5.03. The van der Waals surface area contributed by atoms with Gasteiger partial charge in [-0.1, -0.05) is 6.07 Å². The molecule has 1 aliphatic rings. The molecule has 0 saturated carbocycles. The lowest BCUT2D eigenvalue weighted by Gasteiger charge is -2.29. The fraction of sp³-hybridized carbons (Fsp3) is 0.348. The Bertz CT molecular complexity index is 959. The van der Waals surface area contributed by atoms with Crippen LogP contribution >= 0.6 is 0 Å². The van der Waals surface area contributed by atoms with Crippen LogP contribution in [0, 0.1) is 0 Å². The number of hydrogen-bond acceptors (Lipinski definition) is 6. The number of carbonyl (C=O) groups excluding carboxylic acids is 3. The van der Waals surface area contributed by atoms with E-state index in [2.05, 4.69) is 15.5 Å². The zero-order valence-electron chi connectivity index (χ0n) is 17.8. The van der Waals surface area contributed by atoms with Gasteiger partial charge < -0.3 is 26.0 Å². The second-order valence-corrected chi connectivity index (χ2v) is 7.42. The minimum atomic E-state index is -0.778. The highest BCUT2D eigenvalue weighted by Crippen LogP contribution is 2.31. The normalized spacial score (nSPS) is 13.5. The molecule has 0 fully saturated rings. The second kappa shape index (κ2) is 9.97. The molecule has 8 nitrogen and oxygen atoms in total. The van der Waals surface area contributed by atoms with Crippen LogP contribution in [0.4, 0.5) is 17.1 Å². The molecule has 2 amide bonds. The fourth-order valence-electron chi connectivity index (χ4n) is 3.51. The van der Waals surface area contributed by atoms with Gasteiger partial charge >= 0.3 is 5.97 Å². The standard InChI is InChI=1S/C23H28N4O4/c1-3-27(20-6-4-5-19-18(20)11-12-21(28)26-19)13-14-31-23(30)15(2)25-22(29)16-7-9-17(24)10-8-16/h4-10,15H,3,11-14,24H2,1-2H3,(H,25,29)(H,26,28)/t15-/m0/s1. The monoisotopic (exact) mass is 424 g/mol. The summed E-state index contributed by atoms with van der Waals surface area (Å²) in [5.41, 5.74) is 9.57. The molecular formula is C23H28N4O4. The van der Waals surface area contributed by atoms with Crippen molar-refractivity contribution >= 4 is 34.8 Å². The number of likely N-dealkylation sites (N-methyl/N-ethyl adjacent to an activating group) is 1. The van der Waals surface area contributed by atoms with Crippen molar-refractivity contribution in [1.82, 2.24) is 5.32 Å². The molecule has 0 radical (unpaired) electrons. The Hall–Kier alpha value is -3.55. The van der Waals surface area contributed by atoms with Gasteiger partial charge in [-0.2, -0.15) is 0 Å². The van der Waals surface area contributed by atoms with Gasteiger partial charge in [-0.05, 0) is 62.2 Å². The molecule has 0 saturated heterocycles. The number of esters is 1. The highest BCUT2D eigenvalue weighted by molar-refractivity contribution is 5.97. The Balaban J connectivity index is 1.53. The van der Waals surface area contributed by atoms with Crippen LogP contribution in [0.15, 0.2) is 42.5 Å². The number of anilines is 3. The molecule has 4 N–H and O–H groups in total. The van der Waals surface area contributed by atoms with Crippen molar-refractivity contribution < 1.29 is 19.1 Å². The van der Waals surface area contributed by atoms with E-state index in [1.807, 2.05) is 25.1 Å². The molecule has 8 heteroatoms. The molecule has 1 heterocycles. The van der Waals surface area contributed by atoms with Crippen molar-refractivity contribution in [2.45, 2.75) is 32.7 Å². The maximum atomic E-state index is 12.3. The zero-order chi connectivity index (χ0) is 22.4. The Kier molecular flexibility index (Phi) is 7.12. The molecule has 0 bridgehead atoms. The van der Waals surface area contributed by atoms with Crippen LogP contribution in [0.25, 0.3) is 0 Å². The Labute approximate surface area is 181 Å². The van der Waals surface area contributed by atoms with E-state index in [4.69, 9.17) is 10.5 Å². The van der Waals surface area contributed by atoms with Crippen molar-refractivity contribution in [2.24, 2.45) is 0 Å². The first-order chi connectivity index (χ1) is 14.9.